The average Bonchev–Trinajstić information content (AvgIpc) is 2.81. The molecule has 3 heteroatoms. The summed E-state index contributed by atoms with van der Waals surface area (Å²) in [6.07, 6.45) is 6.46. The van der Waals surface area contributed by atoms with Gasteiger partial charge in [-0.15, -0.1) is 0 Å². The van der Waals surface area contributed by atoms with E-state index in [1.165, 1.54) is 12.8 Å². The minimum Gasteiger partial charge on any atom is -0.396 e. The van der Waals surface area contributed by atoms with Crippen LogP contribution in [0.5, 0.6) is 0 Å². The van der Waals surface area contributed by atoms with Gasteiger partial charge in [0.1, 0.15) is 0 Å². The van der Waals surface area contributed by atoms with E-state index in [-0.39, 0.29) is 6.10 Å². The van der Waals surface area contributed by atoms with E-state index in [1.54, 1.807) is 0 Å². The molecule has 0 amide bonds. The Hall–Kier alpha value is -0.120. The van der Waals surface area contributed by atoms with Crippen LogP contribution in [0.15, 0.2) is 0 Å². The fraction of sp³-hybridized carbons (Fsp3) is 1.00. The maximum Gasteiger partial charge on any atom is 0.0693 e. The third-order valence-corrected chi connectivity index (χ3v) is 3.82. The summed E-state index contributed by atoms with van der Waals surface area (Å²) in [5.41, 5.74) is 0.372. The Balaban J connectivity index is 1.71. The van der Waals surface area contributed by atoms with Crippen LogP contribution < -0.4 is 5.32 Å². The second-order valence-corrected chi connectivity index (χ2v) is 4.96. The van der Waals surface area contributed by atoms with Gasteiger partial charge in [-0.2, -0.15) is 0 Å². The summed E-state index contributed by atoms with van der Waals surface area (Å²) < 4.78 is 0. The van der Waals surface area contributed by atoms with Crippen LogP contribution in [-0.4, -0.2) is 35.5 Å². The molecule has 2 saturated carbocycles. The van der Waals surface area contributed by atoms with Crippen LogP contribution in [0.3, 0.4) is 0 Å². The molecule has 0 aromatic carbocycles. The molecule has 0 spiro atoms. The topological polar surface area (TPSA) is 52.5 Å². The lowest BCUT2D eigenvalue weighted by molar-refractivity contribution is 0.143. The van der Waals surface area contributed by atoms with Crippen molar-refractivity contribution in [3.05, 3.63) is 0 Å². The highest BCUT2D eigenvalue weighted by molar-refractivity contribution is 4.96. The predicted molar refractivity (Wildman–Crippen MR) is 55.0 cm³/mol. The molecule has 0 saturated heterocycles. The first-order valence-corrected chi connectivity index (χ1v) is 5.78. The van der Waals surface area contributed by atoms with Crippen LogP contribution in [0.4, 0.5) is 0 Å². The van der Waals surface area contributed by atoms with Gasteiger partial charge in [-0.25, -0.2) is 0 Å². The zero-order valence-electron chi connectivity index (χ0n) is 8.71. The van der Waals surface area contributed by atoms with Gasteiger partial charge in [-0.3, -0.25) is 0 Å². The summed E-state index contributed by atoms with van der Waals surface area (Å²) in [5.74, 6) is 0. The lowest BCUT2D eigenvalue weighted by atomic mass is 10.0. The molecule has 0 aromatic heterocycles. The summed E-state index contributed by atoms with van der Waals surface area (Å²) >= 11 is 0. The summed E-state index contributed by atoms with van der Waals surface area (Å²) in [6.45, 7) is 1.28. The minimum absolute atomic E-state index is 0.139. The molecule has 2 rings (SSSR count). The van der Waals surface area contributed by atoms with Crippen LogP contribution in [0.2, 0.25) is 0 Å². The fourth-order valence-corrected chi connectivity index (χ4v) is 2.46. The minimum atomic E-state index is -0.139. The van der Waals surface area contributed by atoms with Crippen molar-refractivity contribution in [1.82, 2.24) is 5.32 Å². The Labute approximate surface area is 85.5 Å². The zero-order valence-corrected chi connectivity index (χ0v) is 8.71. The number of aliphatic hydroxyl groups is 2. The lowest BCUT2D eigenvalue weighted by Gasteiger charge is -2.21. The molecule has 3 N–H and O–H groups in total. The number of nitrogens with one attached hydrogen (secondary N) is 1. The van der Waals surface area contributed by atoms with Crippen molar-refractivity contribution in [2.75, 3.05) is 13.2 Å². The maximum absolute atomic E-state index is 9.62. The molecule has 0 radical (unpaired) electrons. The van der Waals surface area contributed by atoms with E-state index in [1.807, 2.05) is 0 Å². The molecule has 3 nitrogen and oxygen atoms in total. The van der Waals surface area contributed by atoms with E-state index in [4.69, 9.17) is 5.11 Å². The molecular weight excluding hydrogens is 178 g/mol. The molecular formula is C11H21NO2. The quantitative estimate of drug-likeness (QED) is 0.609. The monoisotopic (exact) mass is 199 g/mol. The highest BCUT2D eigenvalue weighted by Crippen LogP contribution is 2.48. The van der Waals surface area contributed by atoms with Gasteiger partial charge < -0.3 is 15.5 Å². The summed E-state index contributed by atoms with van der Waals surface area (Å²) in [6, 6.07) is 0.311. The standard InChI is InChI=1S/C11H21NO2/c13-7-6-11(4-5-11)8-12-9-2-1-3-10(9)14/h9-10,12-14H,1-8H2. The van der Waals surface area contributed by atoms with Gasteiger partial charge in [-0.05, 0) is 43.9 Å². The number of aliphatic hydroxyl groups excluding tert-OH is 2. The van der Waals surface area contributed by atoms with E-state index in [0.29, 0.717) is 18.1 Å². The summed E-state index contributed by atoms with van der Waals surface area (Å²) in [5, 5.41) is 22.0. The Bertz CT molecular complexity index is 192. The van der Waals surface area contributed by atoms with Crippen LogP contribution in [0, 0.1) is 5.41 Å². The Morgan fingerprint density at radius 2 is 2.07 bits per heavy atom. The normalized spacial score (nSPS) is 34.7. The Kier molecular flexibility index (Phi) is 3.10. The number of hydrogen-bond donors (Lipinski definition) is 3. The Morgan fingerprint density at radius 3 is 2.57 bits per heavy atom. The molecule has 2 aliphatic carbocycles. The van der Waals surface area contributed by atoms with Crippen LogP contribution >= 0.6 is 0 Å². The van der Waals surface area contributed by atoms with E-state index in [2.05, 4.69) is 5.32 Å². The van der Waals surface area contributed by atoms with Gasteiger partial charge in [0.25, 0.3) is 0 Å². The first-order valence-electron chi connectivity index (χ1n) is 5.78. The van der Waals surface area contributed by atoms with Crippen molar-refractivity contribution in [2.45, 2.75) is 50.7 Å². The molecule has 2 unspecified atom stereocenters. The second-order valence-electron chi connectivity index (χ2n) is 4.96. The molecule has 2 atom stereocenters. The number of hydrogen-bond acceptors (Lipinski definition) is 3. The van der Waals surface area contributed by atoms with Crippen molar-refractivity contribution in [2.24, 2.45) is 5.41 Å². The third kappa shape index (κ3) is 2.27. The van der Waals surface area contributed by atoms with Crippen LogP contribution in [0.25, 0.3) is 0 Å². The number of rotatable bonds is 5. The van der Waals surface area contributed by atoms with Crippen molar-refractivity contribution >= 4 is 0 Å². The zero-order chi connectivity index (χ0) is 10.0. The van der Waals surface area contributed by atoms with E-state index < -0.39 is 0 Å². The molecule has 82 valence electrons. The molecule has 2 aliphatic rings. The first kappa shape index (κ1) is 10.4. The first-order chi connectivity index (χ1) is 6.76. The van der Waals surface area contributed by atoms with Gasteiger partial charge >= 0.3 is 0 Å². The molecule has 0 aliphatic heterocycles. The largest absolute Gasteiger partial charge is 0.396 e. The molecule has 0 aromatic rings. The molecule has 0 bridgehead atoms. The molecule has 14 heavy (non-hydrogen) atoms. The second kappa shape index (κ2) is 4.17. The van der Waals surface area contributed by atoms with E-state index >= 15 is 0 Å². The smallest absolute Gasteiger partial charge is 0.0693 e. The SMILES string of the molecule is OCCC1(CNC2CCCC2O)CC1. The van der Waals surface area contributed by atoms with Crippen molar-refractivity contribution in [1.29, 1.82) is 0 Å². The lowest BCUT2D eigenvalue weighted by Crippen LogP contribution is -2.39. The van der Waals surface area contributed by atoms with Gasteiger partial charge in [0, 0.05) is 19.2 Å². The van der Waals surface area contributed by atoms with Crippen molar-refractivity contribution in [3.8, 4) is 0 Å². The highest BCUT2D eigenvalue weighted by atomic mass is 16.3. The van der Waals surface area contributed by atoms with Gasteiger partial charge in [0.2, 0.25) is 0 Å². The van der Waals surface area contributed by atoms with Gasteiger partial charge in [-0.1, -0.05) is 0 Å². The van der Waals surface area contributed by atoms with E-state index in [9.17, 15) is 5.11 Å². The molecule has 2 fully saturated rings. The van der Waals surface area contributed by atoms with Gasteiger partial charge in [0.15, 0.2) is 0 Å². The summed E-state index contributed by atoms with van der Waals surface area (Å²) in [4.78, 5) is 0. The molecule has 0 heterocycles. The van der Waals surface area contributed by atoms with Crippen molar-refractivity contribution in [3.63, 3.8) is 0 Å². The van der Waals surface area contributed by atoms with Gasteiger partial charge in [0.05, 0.1) is 6.10 Å². The van der Waals surface area contributed by atoms with Crippen LogP contribution in [-0.2, 0) is 0 Å². The summed E-state index contributed by atoms with van der Waals surface area (Å²) in [7, 11) is 0. The maximum atomic E-state index is 9.62. The predicted octanol–water partition coefficient (Wildman–Crippen LogP) is 0.652. The highest BCUT2D eigenvalue weighted by Gasteiger charge is 2.42. The van der Waals surface area contributed by atoms with Crippen LogP contribution in [0.1, 0.15) is 38.5 Å². The Morgan fingerprint density at radius 1 is 1.29 bits per heavy atom. The average molecular weight is 199 g/mol. The van der Waals surface area contributed by atoms with Crippen molar-refractivity contribution < 1.29 is 10.2 Å². The fourth-order valence-electron chi connectivity index (χ4n) is 2.46. The third-order valence-electron chi connectivity index (χ3n) is 3.82. The van der Waals surface area contributed by atoms with E-state index in [0.717, 1.165) is 32.2 Å².